The quantitative estimate of drug-likeness (QED) is 0.794. The van der Waals surface area contributed by atoms with Crippen molar-refractivity contribution in [1.29, 1.82) is 0 Å². The number of halogens is 1. The molecule has 0 amide bonds. The van der Waals surface area contributed by atoms with Gasteiger partial charge in [0.05, 0.1) is 21.4 Å². The van der Waals surface area contributed by atoms with Gasteiger partial charge in [-0.2, -0.15) is 5.10 Å². The first kappa shape index (κ1) is 13.8. The SMILES string of the molecule is CCc1cc(COc2c(Br)cccc2C=O)n(C)n1. The Morgan fingerprint density at radius 2 is 2.26 bits per heavy atom. The molecule has 1 heterocycles. The Balaban J connectivity index is 2.18. The number of benzene rings is 1. The van der Waals surface area contributed by atoms with Crippen LogP contribution in [-0.2, 0) is 20.1 Å². The van der Waals surface area contributed by atoms with Gasteiger partial charge in [-0.05, 0) is 40.5 Å². The third-order valence-electron chi connectivity index (χ3n) is 2.88. The fraction of sp³-hybridized carbons (Fsp3) is 0.286. The average molecular weight is 323 g/mol. The molecule has 0 bridgehead atoms. The van der Waals surface area contributed by atoms with Crippen LogP contribution in [0.2, 0.25) is 0 Å². The maximum Gasteiger partial charge on any atom is 0.153 e. The number of rotatable bonds is 5. The lowest BCUT2D eigenvalue weighted by atomic mass is 10.2. The van der Waals surface area contributed by atoms with Gasteiger partial charge in [-0.3, -0.25) is 9.48 Å². The van der Waals surface area contributed by atoms with Gasteiger partial charge in [-0.15, -0.1) is 0 Å². The Morgan fingerprint density at radius 1 is 1.47 bits per heavy atom. The van der Waals surface area contributed by atoms with Gasteiger partial charge in [0.25, 0.3) is 0 Å². The molecule has 0 fully saturated rings. The van der Waals surface area contributed by atoms with Crippen LogP contribution in [0.15, 0.2) is 28.7 Å². The average Bonchev–Trinajstić information content (AvgIpc) is 2.77. The van der Waals surface area contributed by atoms with Crippen molar-refractivity contribution < 1.29 is 9.53 Å². The lowest BCUT2D eigenvalue weighted by molar-refractivity contribution is 0.111. The number of hydrogen-bond acceptors (Lipinski definition) is 3. The predicted molar refractivity (Wildman–Crippen MR) is 76.4 cm³/mol. The second-order valence-corrected chi connectivity index (χ2v) is 5.02. The highest BCUT2D eigenvalue weighted by atomic mass is 79.9. The maximum atomic E-state index is 11.0. The Morgan fingerprint density at radius 3 is 2.89 bits per heavy atom. The van der Waals surface area contributed by atoms with E-state index in [1.165, 1.54) is 0 Å². The Kier molecular flexibility index (Phi) is 4.37. The molecule has 0 saturated heterocycles. The van der Waals surface area contributed by atoms with Gasteiger partial charge in [-0.1, -0.05) is 13.0 Å². The summed E-state index contributed by atoms with van der Waals surface area (Å²) in [4.78, 5) is 11.0. The first-order valence-electron chi connectivity index (χ1n) is 6.04. The van der Waals surface area contributed by atoms with Crippen molar-refractivity contribution in [3.05, 3.63) is 45.7 Å². The lowest BCUT2D eigenvalue weighted by Crippen LogP contribution is -2.04. The van der Waals surface area contributed by atoms with E-state index in [1.807, 2.05) is 19.2 Å². The molecule has 0 radical (unpaired) electrons. The van der Waals surface area contributed by atoms with Crippen LogP contribution in [0.3, 0.4) is 0 Å². The first-order valence-corrected chi connectivity index (χ1v) is 6.83. The van der Waals surface area contributed by atoms with E-state index in [4.69, 9.17) is 4.74 Å². The van der Waals surface area contributed by atoms with E-state index in [2.05, 4.69) is 28.0 Å². The summed E-state index contributed by atoms with van der Waals surface area (Å²) >= 11 is 3.39. The van der Waals surface area contributed by atoms with Gasteiger partial charge in [0.2, 0.25) is 0 Å². The van der Waals surface area contributed by atoms with Crippen LogP contribution in [0.25, 0.3) is 0 Å². The van der Waals surface area contributed by atoms with Crippen LogP contribution >= 0.6 is 15.9 Å². The second-order valence-electron chi connectivity index (χ2n) is 4.17. The van der Waals surface area contributed by atoms with Gasteiger partial charge in [0.15, 0.2) is 6.29 Å². The van der Waals surface area contributed by atoms with Gasteiger partial charge < -0.3 is 4.74 Å². The molecule has 0 aliphatic heterocycles. The highest BCUT2D eigenvalue weighted by Crippen LogP contribution is 2.28. The van der Waals surface area contributed by atoms with Crippen molar-refractivity contribution in [2.45, 2.75) is 20.0 Å². The molecule has 1 aromatic heterocycles. The fourth-order valence-corrected chi connectivity index (χ4v) is 2.29. The minimum atomic E-state index is 0.382. The Bertz CT molecular complexity index is 593. The topological polar surface area (TPSA) is 44.1 Å². The van der Waals surface area contributed by atoms with Crippen LogP contribution in [0.5, 0.6) is 5.75 Å². The highest BCUT2D eigenvalue weighted by Gasteiger charge is 2.10. The zero-order valence-corrected chi connectivity index (χ0v) is 12.5. The zero-order chi connectivity index (χ0) is 13.8. The molecule has 1 aromatic carbocycles. The number of carbonyl (C=O) groups excluding carboxylic acids is 1. The summed E-state index contributed by atoms with van der Waals surface area (Å²) in [6.45, 7) is 2.44. The first-order chi connectivity index (χ1) is 9.15. The van der Waals surface area contributed by atoms with Crippen molar-refractivity contribution in [2.75, 3.05) is 0 Å². The van der Waals surface area contributed by atoms with Gasteiger partial charge in [0, 0.05) is 7.05 Å². The normalized spacial score (nSPS) is 10.5. The summed E-state index contributed by atoms with van der Waals surface area (Å²) in [7, 11) is 1.89. The van der Waals surface area contributed by atoms with Crippen molar-refractivity contribution >= 4 is 22.2 Å². The molecule has 0 aliphatic rings. The van der Waals surface area contributed by atoms with Crippen LogP contribution in [-0.4, -0.2) is 16.1 Å². The molecule has 2 aromatic rings. The summed E-state index contributed by atoms with van der Waals surface area (Å²) in [5.74, 6) is 0.566. The van der Waals surface area contributed by atoms with Crippen LogP contribution in [0.4, 0.5) is 0 Å². The third kappa shape index (κ3) is 3.04. The number of hydrogen-bond donors (Lipinski definition) is 0. The zero-order valence-electron chi connectivity index (χ0n) is 10.9. The van der Waals surface area contributed by atoms with E-state index in [1.54, 1.807) is 16.8 Å². The molecule has 0 unspecified atom stereocenters. The number of para-hydroxylation sites is 1. The van der Waals surface area contributed by atoms with E-state index in [9.17, 15) is 4.79 Å². The molecule has 2 rings (SSSR count). The molecule has 19 heavy (non-hydrogen) atoms. The number of ether oxygens (including phenoxy) is 1. The van der Waals surface area contributed by atoms with Crippen molar-refractivity contribution in [1.82, 2.24) is 9.78 Å². The van der Waals surface area contributed by atoms with Crippen molar-refractivity contribution in [2.24, 2.45) is 7.05 Å². The summed E-state index contributed by atoms with van der Waals surface area (Å²) in [5.41, 5.74) is 2.54. The summed E-state index contributed by atoms with van der Waals surface area (Å²) in [5, 5.41) is 4.36. The highest BCUT2D eigenvalue weighted by molar-refractivity contribution is 9.10. The predicted octanol–water partition coefficient (Wildman–Crippen LogP) is 3.14. The van der Waals surface area contributed by atoms with Crippen molar-refractivity contribution in [3.8, 4) is 5.75 Å². The van der Waals surface area contributed by atoms with E-state index in [-0.39, 0.29) is 0 Å². The molecule has 0 saturated carbocycles. The number of aromatic nitrogens is 2. The third-order valence-corrected chi connectivity index (χ3v) is 3.50. The van der Waals surface area contributed by atoms with E-state index < -0.39 is 0 Å². The maximum absolute atomic E-state index is 11.0. The smallest absolute Gasteiger partial charge is 0.153 e. The molecular weight excluding hydrogens is 308 g/mol. The van der Waals surface area contributed by atoms with Gasteiger partial charge in [-0.25, -0.2) is 0 Å². The minimum Gasteiger partial charge on any atom is -0.485 e. The van der Waals surface area contributed by atoms with E-state index in [0.717, 1.165) is 28.6 Å². The number of carbonyl (C=O) groups is 1. The number of nitrogens with zero attached hydrogens (tertiary/aromatic N) is 2. The standard InChI is InChI=1S/C14H15BrN2O2/c1-3-11-7-12(17(2)16-11)9-19-14-10(8-18)5-4-6-13(14)15/h4-8H,3,9H2,1-2H3. The number of aryl methyl sites for hydroxylation is 2. The Labute approximate surface area is 120 Å². The van der Waals surface area contributed by atoms with E-state index >= 15 is 0 Å². The van der Waals surface area contributed by atoms with E-state index in [0.29, 0.717) is 17.9 Å². The van der Waals surface area contributed by atoms with Crippen LogP contribution < -0.4 is 4.74 Å². The summed E-state index contributed by atoms with van der Waals surface area (Å²) in [6.07, 6.45) is 1.68. The second kappa shape index (κ2) is 6.02. The van der Waals surface area contributed by atoms with Crippen molar-refractivity contribution in [3.63, 3.8) is 0 Å². The summed E-state index contributed by atoms with van der Waals surface area (Å²) in [6, 6.07) is 7.40. The number of aldehydes is 1. The largest absolute Gasteiger partial charge is 0.485 e. The molecule has 0 atom stereocenters. The molecular formula is C14H15BrN2O2. The van der Waals surface area contributed by atoms with Gasteiger partial charge in [0.1, 0.15) is 12.4 Å². The molecule has 0 spiro atoms. The monoisotopic (exact) mass is 322 g/mol. The fourth-order valence-electron chi connectivity index (χ4n) is 1.80. The molecule has 0 N–H and O–H groups in total. The van der Waals surface area contributed by atoms with Crippen LogP contribution in [0, 0.1) is 0 Å². The molecule has 5 heteroatoms. The molecule has 100 valence electrons. The Hall–Kier alpha value is -1.62. The van der Waals surface area contributed by atoms with Crippen LogP contribution in [0.1, 0.15) is 28.7 Å². The minimum absolute atomic E-state index is 0.382. The summed E-state index contributed by atoms with van der Waals surface area (Å²) < 4.78 is 8.32. The molecule has 0 aliphatic carbocycles. The lowest BCUT2D eigenvalue weighted by Gasteiger charge is -2.10. The molecule has 4 nitrogen and oxygen atoms in total. The van der Waals surface area contributed by atoms with Gasteiger partial charge >= 0.3 is 0 Å².